The van der Waals surface area contributed by atoms with Crippen LogP contribution in [0.2, 0.25) is 0 Å². The minimum absolute atomic E-state index is 0.585. The first-order valence-electron chi connectivity index (χ1n) is 17.7. The molecule has 2 atom stereocenters. The molecule has 0 bridgehead atoms. The number of thiophene rings is 4. The van der Waals surface area contributed by atoms with Crippen LogP contribution in [0.1, 0.15) is 79.1 Å². The molecule has 0 amide bonds. The lowest BCUT2D eigenvalue weighted by Crippen LogP contribution is -2.10. The largest absolute Gasteiger partial charge is 0.478 e. The van der Waals surface area contributed by atoms with E-state index in [0.29, 0.717) is 20.6 Å². The van der Waals surface area contributed by atoms with Crippen molar-refractivity contribution in [2.24, 2.45) is 11.8 Å². The number of hydrogen-bond acceptors (Lipinski definition) is 10. The van der Waals surface area contributed by atoms with Gasteiger partial charge in [-0.15, -0.1) is 45.3 Å². The van der Waals surface area contributed by atoms with E-state index in [1.54, 1.807) is 46.2 Å². The Bertz CT molecular complexity index is 1900. The second kappa shape index (κ2) is 18.5. The molecule has 10 heteroatoms. The first kappa shape index (κ1) is 38.2. The van der Waals surface area contributed by atoms with Gasteiger partial charge in [0.05, 0.1) is 31.0 Å². The quantitative estimate of drug-likeness (QED) is 0.0711. The third-order valence-electron chi connectivity index (χ3n) is 9.14. The van der Waals surface area contributed by atoms with Gasteiger partial charge in [-0.1, -0.05) is 90.5 Å². The van der Waals surface area contributed by atoms with E-state index in [9.17, 15) is 0 Å². The lowest BCUT2D eigenvalue weighted by atomic mass is 10.0. The highest BCUT2D eigenvalue weighted by atomic mass is 32.2. The molecule has 2 unspecified atom stereocenters. The van der Waals surface area contributed by atoms with Crippen LogP contribution in [0.5, 0.6) is 0 Å². The van der Waals surface area contributed by atoms with E-state index in [1.165, 1.54) is 97.4 Å². The third-order valence-corrected chi connectivity index (χ3v) is 16.5. The van der Waals surface area contributed by atoms with Gasteiger partial charge in [0.15, 0.2) is 0 Å². The van der Waals surface area contributed by atoms with Crippen LogP contribution in [0.4, 0.5) is 0 Å². The summed E-state index contributed by atoms with van der Waals surface area (Å²) in [7, 11) is 0. The molecule has 0 spiro atoms. The average Bonchev–Trinajstić information content (AvgIpc) is 3.92. The molecular formula is C40H44O2S8. The molecule has 0 radical (unpaired) electrons. The maximum absolute atomic E-state index is 6.00. The Hall–Kier alpha value is -1.50. The fourth-order valence-corrected chi connectivity index (χ4v) is 13.4. The molecule has 50 heavy (non-hydrogen) atoms. The lowest BCUT2D eigenvalue weighted by molar-refractivity contribution is 0.233. The van der Waals surface area contributed by atoms with E-state index in [-0.39, 0.29) is 0 Å². The van der Waals surface area contributed by atoms with Crippen LogP contribution in [0, 0.1) is 11.8 Å². The van der Waals surface area contributed by atoms with E-state index >= 15 is 0 Å². The number of thiocarbonyl (C=S) groups is 2. The molecule has 0 N–H and O–H groups in total. The summed E-state index contributed by atoms with van der Waals surface area (Å²) >= 11 is 21.7. The van der Waals surface area contributed by atoms with E-state index < -0.39 is 0 Å². The zero-order valence-electron chi connectivity index (χ0n) is 29.1. The van der Waals surface area contributed by atoms with Crippen LogP contribution in [-0.2, 0) is 9.47 Å². The van der Waals surface area contributed by atoms with Crippen molar-refractivity contribution in [1.82, 2.24) is 0 Å². The molecule has 4 aromatic heterocycles. The van der Waals surface area contributed by atoms with Gasteiger partial charge in [0.25, 0.3) is 0 Å². The number of fused-ring (bicyclic) bond motifs is 5. The first-order chi connectivity index (χ1) is 24.4. The zero-order valence-corrected chi connectivity index (χ0v) is 35.6. The van der Waals surface area contributed by atoms with Crippen LogP contribution < -0.4 is 0 Å². The minimum atomic E-state index is 0.585. The molecule has 2 aromatic carbocycles. The Balaban J connectivity index is 1.11. The average molecular weight is 813 g/mol. The smallest absolute Gasteiger partial charge is 0.225 e. The molecule has 4 heterocycles. The maximum Gasteiger partial charge on any atom is 0.225 e. The Kier molecular flexibility index (Phi) is 14.1. The summed E-state index contributed by atoms with van der Waals surface area (Å²) in [5.74, 6) is 1.17. The number of rotatable bonds is 16. The Labute approximate surface area is 332 Å². The second-order valence-electron chi connectivity index (χ2n) is 12.7. The topological polar surface area (TPSA) is 18.5 Å². The normalized spacial score (nSPS) is 13.0. The van der Waals surface area contributed by atoms with Gasteiger partial charge in [-0.05, 0) is 120 Å². The van der Waals surface area contributed by atoms with Gasteiger partial charge in [0.2, 0.25) is 8.77 Å². The van der Waals surface area contributed by atoms with Crippen LogP contribution in [0.3, 0.4) is 0 Å². The summed E-state index contributed by atoms with van der Waals surface area (Å²) in [4.78, 5) is 2.52. The van der Waals surface area contributed by atoms with Crippen molar-refractivity contribution in [1.29, 1.82) is 0 Å². The fourth-order valence-electron chi connectivity index (χ4n) is 6.01. The number of thioether (sulfide) groups is 2. The molecule has 6 aromatic rings. The predicted octanol–water partition coefficient (Wildman–Crippen LogP) is 15.9. The van der Waals surface area contributed by atoms with Gasteiger partial charge in [-0.25, -0.2) is 0 Å². The van der Waals surface area contributed by atoms with Crippen molar-refractivity contribution in [3.8, 4) is 20.9 Å². The van der Waals surface area contributed by atoms with Crippen molar-refractivity contribution in [2.45, 2.75) is 87.5 Å². The minimum Gasteiger partial charge on any atom is -0.478 e. The molecular weight excluding hydrogens is 769 g/mol. The van der Waals surface area contributed by atoms with Gasteiger partial charge in [0.1, 0.15) is 0 Å². The van der Waals surface area contributed by atoms with Crippen LogP contribution in [-0.4, -0.2) is 22.0 Å². The van der Waals surface area contributed by atoms with E-state index in [2.05, 4.69) is 88.4 Å². The van der Waals surface area contributed by atoms with Crippen molar-refractivity contribution >= 4 is 132 Å². The summed E-state index contributed by atoms with van der Waals surface area (Å²) < 4.78 is 21.0. The van der Waals surface area contributed by atoms with Gasteiger partial charge in [0, 0.05) is 29.9 Å². The van der Waals surface area contributed by atoms with Gasteiger partial charge < -0.3 is 9.47 Å². The Morgan fingerprint density at radius 1 is 0.600 bits per heavy atom. The van der Waals surface area contributed by atoms with Crippen molar-refractivity contribution in [2.75, 3.05) is 13.2 Å². The molecule has 0 aliphatic carbocycles. The van der Waals surface area contributed by atoms with Crippen molar-refractivity contribution in [3.05, 3.63) is 60.7 Å². The lowest BCUT2D eigenvalue weighted by Gasteiger charge is -2.15. The van der Waals surface area contributed by atoms with E-state index in [4.69, 9.17) is 33.9 Å². The third kappa shape index (κ3) is 9.53. The monoisotopic (exact) mass is 812 g/mol. The first-order valence-corrected chi connectivity index (χ1v) is 23.4. The van der Waals surface area contributed by atoms with Gasteiger partial charge in [-0.3, -0.25) is 0 Å². The van der Waals surface area contributed by atoms with Crippen LogP contribution in [0.25, 0.3) is 50.5 Å². The van der Waals surface area contributed by atoms with Crippen LogP contribution >= 0.6 is 93.3 Å². The van der Waals surface area contributed by atoms with E-state index in [0.717, 1.165) is 26.1 Å². The molecule has 0 aliphatic rings. The fraction of sp³-hybridized carbons (Fsp3) is 0.400. The summed E-state index contributed by atoms with van der Waals surface area (Å²) in [5, 5.41) is 2.68. The molecule has 0 fully saturated rings. The summed E-state index contributed by atoms with van der Waals surface area (Å²) in [6, 6.07) is 22.6. The summed E-state index contributed by atoms with van der Waals surface area (Å²) in [6.45, 7) is 10.4. The molecule has 0 saturated heterocycles. The molecule has 2 nitrogen and oxygen atoms in total. The number of benzene rings is 2. The highest BCUT2D eigenvalue weighted by Crippen LogP contribution is 2.47. The highest BCUT2D eigenvalue weighted by Gasteiger charge is 2.17. The predicted molar refractivity (Wildman–Crippen MR) is 237 cm³/mol. The van der Waals surface area contributed by atoms with E-state index in [1.807, 2.05) is 22.7 Å². The highest BCUT2D eigenvalue weighted by molar-refractivity contribution is 8.24. The number of ether oxygens (including phenoxy) is 2. The van der Waals surface area contributed by atoms with Crippen molar-refractivity contribution in [3.63, 3.8) is 0 Å². The molecule has 264 valence electrons. The Morgan fingerprint density at radius 3 is 1.44 bits per heavy atom. The standard InChI is InChI=1S/C40H44O2S8/c1-5-9-11-25(7-3)23-41-39(43)49-35-19-17-31(45-35)27-13-15-29-33(21-27)47-38-30-16-14-28(22-34(30)48-37(29)38)32-18-20-36(46-32)50-40(44)42-24-26(8-4)12-10-6-2/h13-22,25-26H,5-12,23-24H2,1-4H3. The summed E-state index contributed by atoms with van der Waals surface area (Å²) in [5.41, 5.74) is 2.51. The van der Waals surface area contributed by atoms with Crippen LogP contribution in [0.15, 0.2) is 69.1 Å². The number of unbranched alkanes of at least 4 members (excludes halogenated alkanes) is 2. The summed E-state index contributed by atoms with van der Waals surface area (Å²) in [6.07, 6.45) is 9.65. The Morgan fingerprint density at radius 2 is 1.04 bits per heavy atom. The number of hydrogen-bond donors (Lipinski definition) is 0. The molecule has 6 rings (SSSR count). The second-order valence-corrected chi connectivity index (χ2v) is 20.8. The van der Waals surface area contributed by atoms with Gasteiger partial charge >= 0.3 is 0 Å². The molecule has 0 aliphatic heterocycles. The SMILES string of the molecule is CCCCC(CC)COC(=S)Sc1ccc(-c2ccc3c(c2)sc2c4ccc(-c5ccc(SC(=S)OCC(CC)CCCC)s5)cc4sc32)s1. The van der Waals surface area contributed by atoms with Gasteiger partial charge in [-0.2, -0.15) is 0 Å². The van der Waals surface area contributed by atoms with Crippen molar-refractivity contribution < 1.29 is 9.47 Å². The maximum atomic E-state index is 6.00. The zero-order chi connectivity index (χ0) is 35.0. The molecule has 0 saturated carbocycles.